The summed E-state index contributed by atoms with van der Waals surface area (Å²) in [4.78, 5) is 41.8. The van der Waals surface area contributed by atoms with Gasteiger partial charge in [0.2, 0.25) is 5.88 Å². The molecule has 0 bridgehead atoms. The van der Waals surface area contributed by atoms with E-state index in [1.54, 1.807) is 31.1 Å². The van der Waals surface area contributed by atoms with Gasteiger partial charge in [0, 0.05) is 49.6 Å². The smallest absolute Gasteiger partial charge is 0.273 e. The Morgan fingerprint density at radius 3 is 2.71 bits per heavy atom. The monoisotopic (exact) mass is 465 g/mol. The standard InChI is InChI=1S/C25H31N5O4/c1-16(2)6-7-19-10-20-23(28-11-19)34-22(17(3)13-30(24(20)32)18(4)15-31)14-29(5)25(33)21-12-26-8-9-27-21/h8-12,16-18,22,31H,13-15H2,1-5H3/t17-,18+,22+/m1/s1. The van der Waals surface area contributed by atoms with Crippen LogP contribution in [-0.4, -0.2) is 80.6 Å². The van der Waals surface area contributed by atoms with E-state index in [1.807, 2.05) is 20.8 Å². The Bertz CT molecular complexity index is 1080. The van der Waals surface area contributed by atoms with Crippen LogP contribution in [0.5, 0.6) is 5.88 Å². The number of ether oxygens (including phenoxy) is 1. The molecule has 3 heterocycles. The summed E-state index contributed by atoms with van der Waals surface area (Å²) in [5, 5.41) is 9.78. The van der Waals surface area contributed by atoms with Crippen molar-refractivity contribution in [2.45, 2.75) is 39.8 Å². The number of hydrogen-bond donors (Lipinski definition) is 1. The molecule has 0 spiro atoms. The fourth-order valence-corrected chi connectivity index (χ4v) is 3.57. The predicted molar refractivity (Wildman–Crippen MR) is 126 cm³/mol. The summed E-state index contributed by atoms with van der Waals surface area (Å²) in [6.07, 6.45) is 5.52. The first-order valence-corrected chi connectivity index (χ1v) is 11.3. The maximum absolute atomic E-state index is 13.4. The summed E-state index contributed by atoms with van der Waals surface area (Å²) in [5.74, 6) is 5.77. The number of rotatable bonds is 5. The number of aliphatic hydroxyl groups excluding tert-OH is 1. The second kappa shape index (κ2) is 11.1. The highest BCUT2D eigenvalue weighted by Gasteiger charge is 2.34. The Hall–Kier alpha value is -3.51. The lowest BCUT2D eigenvalue weighted by atomic mass is 9.99. The minimum absolute atomic E-state index is 0.148. The van der Waals surface area contributed by atoms with Crippen LogP contribution < -0.4 is 4.74 Å². The van der Waals surface area contributed by atoms with E-state index in [-0.39, 0.29) is 53.9 Å². The minimum atomic E-state index is -0.453. The van der Waals surface area contributed by atoms with Crippen molar-refractivity contribution in [1.29, 1.82) is 0 Å². The topological polar surface area (TPSA) is 109 Å². The summed E-state index contributed by atoms with van der Waals surface area (Å²) < 4.78 is 6.22. The van der Waals surface area contributed by atoms with E-state index in [9.17, 15) is 14.7 Å². The van der Waals surface area contributed by atoms with Crippen LogP contribution in [0.4, 0.5) is 0 Å². The third kappa shape index (κ3) is 5.88. The number of carbonyl (C=O) groups excluding carboxylic acids is 2. The molecule has 3 atom stereocenters. The molecular weight excluding hydrogens is 434 g/mol. The number of amides is 2. The molecule has 9 nitrogen and oxygen atoms in total. The van der Waals surface area contributed by atoms with Gasteiger partial charge in [-0.05, 0) is 13.0 Å². The van der Waals surface area contributed by atoms with Gasteiger partial charge in [-0.25, -0.2) is 9.97 Å². The molecule has 2 aromatic rings. The van der Waals surface area contributed by atoms with Gasteiger partial charge in [0.05, 0.1) is 25.4 Å². The van der Waals surface area contributed by atoms with Crippen LogP contribution in [-0.2, 0) is 0 Å². The lowest BCUT2D eigenvalue weighted by Crippen LogP contribution is -2.50. The highest BCUT2D eigenvalue weighted by atomic mass is 16.5. The van der Waals surface area contributed by atoms with Gasteiger partial charge in [0.1, 0.15) is 17.4 Å². The molecule has 0 unspecified atom stereocenters. The molecule has 0 aliphatic carbocycles. The fraction of sp³-hybridized carbons (Fsp3) is 0.480. The predicted octanol–water partition coefficient (Wildman–Crippen LogP) is 1.87. The number of likely N-dealkylation sites (N-methyl/N-ethyl adjacent to an activating group) is 1. The Morgan fingerprint density at radius 1 is 1.29 bits per heavy atom. The largest absolute Gasteiger partial charge is 0.472 e. The third-order valence-corrected chi connectivity index (χ3v) is 5.61. The van der Waals surface area contributed by atoms with Gasteiger partial charge in [-0.15, -0.1) is 0 Å². The maximum atomic E-state index is 13.4. The fourth-order valence-electron chi connectivity index (χ4n) is 3.57. The molecule has 2 aromatic heterocycles. The van der Waals surface area contributed by atoms with E-state index in [0.29, 0.717) is 12.1 Å². The second-order valence-electron chi connectivity index (χ2n) is 8.90. The van der Waals surface area contributed by atoms with Crippen molar-refractivity contribution in [2.75, 3.05) is 26.7 Å². The van der Waals surface area contributed by atoms with E-state index < -0.39 is 12.1 Å². The van der Waals surface area contributed by atoms with Gasteiger partial charge in [0.25, 0.3) is 11.8 Å². The van der Waals surface area contributed by atoms with Crippen LogP contribution in [0.1, 0.15) is 54.1 Å². The second-order valence-corrected chi connectivity index (χ2v) is 8.90. The molecule has 9 heteroatoms. The van der Waals surface area contributed by atoms with Crippen LogP contribution >= 0.6 is 0 Å². The summed E-state index contributed by atoms with van der Waals surface area (Å²) in [6, 6.07) is 1.28. The molecule has 1 aliphatic heterocycles. The van der Waals surface area contributed by atoms with E-state index in [0.717, 1.165) is 0 Å². The van der Waals surface area contributed by atoms with Gasteiger partial charge in [0.15, 0.2) is 0 Å². The van der Waals surface area contributed by atoms with Gasteiger partial charge in [-0.2, -0.15) is 0 Å². The number of carbonyl (C=O) groups is 2. The van der Waals surface area contributed by atoms with Gasteiger partial charge < -0.3 is 19.6 Å². The third-order valence-electron chi connectivity index (χ3n) is 5.61. The van der Waals surface area contributed by atoms with Crippen molar-refractivity contribution in [2.24, 2.45) is 11.8 Å². The molecular formula is C25H31N5O4. The van der Waals surface area contributed by atoms with Crippen LogP contribution in [0.3, 0.4) is 0 Å². The first kappa shape index (κ1) is 25.1. The first-order valence-electron chi connectivity index (χ1n) is 11.3. The highest BCUT2D eigenvalue weighted by Crippen LogP contribution is 2.27. The number of aliphatic hydroxyl groups is 1. The average Bonchev–Trinajstić information content (AvgIpc) is 2.84. The van der Waals surface area contributed by atoms with Crippen LogP contribution in [0, 0.1) is 23.7 Å². The Kier molecular flexibility index (Phi) is 8.18. The van der Waals surface area contributed by atoms with Crippen LogP contribution in [0.25, 0.3) is 0 Å². The van der Waals surface area contributed by atoms with Gasteiger partial charge >= 0.3 is 0 Å². The molecule has 180 valence electrons. The van der Waals surface area contributed by atoms with E-state index in [2.05, 4.69) is 26.8 Å². The lowest BCUT2D eigenvalue weighted by molar-refractivity contribution is 0.0312. The van der Waals surface area contributed by atoms with E-state index >= 15 is 0 Å². The van der Waals surface area contributed by atoms with Crippen LogP contribution in [0.15, 0.2) is 30.9 Å². The highest BCUT2D eigenvalue weighted by molar-refractivity contribution is 5.97. The molecule has 0 aromatic carbocycles. The Balaban J connectivity index is 1.95. The number of fused-ring (bicyclic) bond motifs is 1. The summed E-state index contributed by atoms with van der Waals surface area (Å²) in [7, 11) is 1.67. The molecule has 34 heavy (non-hydrogen) atoms. The molecule has 0 saturated heterocycles. The van der Waals surface area contributed by atoms with Crippen molar-refractivity contribution in [3.8, 4) is 17.7 Å². The van der Waals surface area contributed by atoms with E-state index in [4.69, 9.17) is 4.74 Å². The van der Waals surface area contributed by atoms with Crippen molar-refractivity contribution in [3.05, 3.63) is 47.7 Å². The number of nitrogens with zero attached hydrogens (tertiary/aromatic N) is 5. The molecule has 1 N–H and O–H groups in total. The molecule has 0 saturated carbocycles. The zero-order chi connectivity index (χ0) is 24.8. The van der Waals surface area contributed by atoms with Crippen molar-refractivity contribution in [1.82, 2.24) is 24.8 Å². The number of hydrogen-bond acceptors (Lipinski definition) is 7. The normalized spacial score (nSPS) is 18.7. The first-order chi connectivity index (χ1) is 16.2. The molecule has 2 amide bonds. The Morgan fingerprint density at radius 2 is 2.06 bits per heavy atom. The van der Waals surface area contributed by atoms with Crippen LogP contribution in [0.2, 0.25) is 0 Å². The quantitative estimate of drug-likeness (QED) is 0.672. The van der Waals surface area contributed by atoms with Crippen molar-refractivity contribution in [3.63, 3.8) is 0 Å². The number of aromatic nitrogens is 3. The molecule has 1 aliphatic rings. The summed E-state index contributed by atoms with van der Waals surface area (Å²) >= 11 is 0. The maximum Gasteiger partial charge on any atom is 0.273 e. The van der Waals surface area contributed by atoms with Gasteiger partial charge in [-0.1, -0.05) is 32.6 Å². The number of pyridine rings is 1. The van der Waals surface area contributed by atoms with Crippen molar-refractivity contribution >= 4 is 11.8 Å². The summed E-state index contributed by atoms with van der Waals surface area (Å²) in [5.41, 5.74) is 1.14. The zero-order valence-corrected chi connectivity index (χ0v) is 20.2. The average molecular weight is 466 g/mol. The minimum Gasteiger partial charge on any atom is -0.472 e. The lowest BCUT2D eigenvalue weighted by Gasteiger charge is -2.37. The SMILES string of the molecule is CC(C)C#Cc1cnc2c(c1)C(=O)N([C@@H](C)CO)C[C@@H](C)[C@H](CN(C)C(=O)c1cnccn1)O2. The summed E-state index contributed by atoms with van der Waals surface area (Å²) in [6.45, 7) is 8.13. The zero-order valence-electron chi connectivity index (χ0n) is 20.2. The van der Waals surface area contributed by atoms with E-state index in [1.165, 1.54) is 23.5 Å². The Labute approximate surface area is 200 Å². The molecule has 0 radical (unpaired) electrons. The van der Waals surface area contributed by atoms with Gasteiger partial charge in [-0.3, -0.25) is 14.6 Å². The van der Waals surface area contributed by atoms with Crippen molar-refractivity contribution < 1.29 is 19.4 Å². The molecule has 0 fully saturated rings. The molecule has 3 rings (SSSR count).